The molecule has 0 radical (unpaired) electrons. The van der Waals surface area contributed by atoms with E-state index < -0.39 is 0 Å². The summed E-state index contributed by atoms with van der Waals surface area (Å²) in [5, 5.41) is 2.88. The van der Waals surface area contributed by atoms with Gasteiger partial charge in [-0.2, -0.15) is 0 Å². The zero-order chi connectivity index (χ0) is 16.9. The van der Waals surface area contributed by atoms with Crippen molar-refractivity contribution in [3.05, 3.63) is 59.9 Å². The van der Waals surface area contributed by atoms with Gasteiger partial charge in [0.25, 0.3) is 5.91 Å². The van der Waals surface area contributed by atoms with Crippen LogP contribution in [0, 0.1) is 6.92 Å². The van der Waals surface area contributed by atoms with E-state index in [2.05, 4.69) is 14.9 Å². The van der Waals surface area contributed by atoms with Gasteiger partial charge in [0.05, 0.1) is 11.0 Å². The Morgan fingerprint density at radius 3 is 2.71 bits per heavy atom. The summed E-state index contributed by atoms with van der Waals surface area (Å²) in [4.78, 5) is 16.5. The molecule has 0 saturated heterocycles. The van der Waals surface area contributed by atoms with Crippen molar-refractivity contribution >= 4 is 16.9 Å². The lowest BCUT2D eigenvalue weighted by Gasteiger charge is -2.09. The minimum atomic E-state index is -0.128. The van der Waals surface area contributed by atoms with E-state index in [0.717, 1.165) is 28.2 Å². The lowest BCUT2D eigenvalue weighted by molar-refractivity contribution is -0.123. The Hall–Kier alpha value is -2.82. The molecule has 1 amide bonds. The van der Waals surface area contributed by atoms with E-state index in [-0.39, 0.29) is 12.5 Å². The van der Waals surface area contributed by atoms with Gasteiger partial charge in [0.2, 0.25) is 0 Å². The molecule has 1 aromatic heterocycles. The third-order valence-electron chi connectivity index (χ3n) is 4.00. The molecule has 5 heteroatoms. The number of aromatic nitrogens is 2. The minimum Gasteiger partial charge on any atom is -0.484 e. The molecule has 1 heterocycles. The molecule has 0 aliphatic rings. The monoisotopic (exact) mass is 323 g/mol. The van der Waals surface area contributed by atoms with Gasteiger partial charge in [-0.1, -0.05) is 30.3 Å². The fourth-order valence-corrected chi connectivity index (χ4v) is 2.65. The lowest BCUT2D eigenvalue weighted by Crippen LogP contribution is -2.31. The molecule has 0 unspecified atom stereocenters. The van der Waals surface area contributed by atoms with Crippen LogP contribution in [0.3, 0.4) is 0 Å². The van der Waals surface area contributed by atoms with Gasteiger partial charge in [0.15, 0.2) is 6.61 Å². The van der Waals surface area contributed by atoms with Gasteiger partial charge >= 0.3 is 0 Å². The highest BCUT2D eigenvalue weighted by atomic mass is 16.5. The number of nitrogens with zero attached hydrogens (tertiary/aromatic N) is 2. The van der Waals surface area contributed by atoms with Crippen molar-refractivity contribution in [3.63, 3.8) is 0 Å². The Kier molecular flexibility index (Phi) is 4.79. The molecule has 5 nitrogen and oxygen atoms in total. The van der Waals surface area contributed by atoms with Crippen LogP contribution in [0.15, 0.2) is 48.5 Å². The highest BCUT2D eigenvalue weighted by Gasteiger charge is 2.08. The Morgan fingerprint density at radius 2 is 1.92 bits per heavy atom. The predicted octanol–water partition coefficient (Wildman–Crippen LogP) is 2.62. The van der Waals surface area contributed by atoms with Gasteiger partial charge in [-0.3, -0.25) is 4.79 Å². The number of carbonyl (C=O) groups is 1. The molecule has 0 spiro atoms. The maximum Gasteiger partial charge on any atom is 0.257 e. The lowest BCUT2D eigenvalue weighted by atomic mass is 10.2. The average molecular weight is 323 g/mol. The second kappa shape index (κ2) is 7.17. The summed E-state index contributed by atoms with van der Waals surface area (Å²) >= 11 is 0. The van der Waals surface area contributed by atoms with E-state index in [1.165, 1.54) is 0 Å². The number of imidazole rings is 1. The van der Waals surface area contributed by atoms with Crippen LogP contribution >= 0.6 is 0 Å². The Morgan fingerprint density at radius 1 is 1.17 bits per heavy atom. The van der Waals surface area contributed by atoms with Crippen LogP contribution in [0.4, 0.5) is 0 Å². The van der Waals surface area contributed by atoms with Crippen LogP contribution in [0.5, 0.6) is 5.75 Å². The highest BCUT2D eigenvalue weighted by molar-refractivity contribution is 5.77. The molecule has 0 atom stereocenters. The zero-order valence-electron chi connectivity index (χ0n) is 14.0. The largest absolute Gasteiger partial charge is 0.484 e. The molecular weight excluding hydrogens is 302 g/mol. The van der Waals surface area contributed by atoms with Gasteiger partial charge in [0, 0.05) is 20.0 Å². The first kappa shape index (κ1) is 16.1. The van der Waals surface area contributed by atoms with Crippen LogP contribution in [0.1, 0.15) is 11.4 Å². The van der Waals surface area contributed by atoms with E-state index >= 15 is 0 Å². The number of hydrogen-bond donors (Lipinski definition) is 1. The molecule has 3 rings (SSSR count). The second-order valence-electron chi connectivity index (χ2n) is 5.73. The number of hydrogen-bond acceptors (Lipinski definition) is 3. The van der Waals surface area contributed by atoms with Crippen molar-refractivity contribution in [2.45, 2.75) is 13.3 Å². The van der Waals surface area contributed by atoms with Gasteiger partial charge in [-0.25, -0.2) is 4.98 Å². The fraction of sp³-hybridized carbons (Fsp3) is 0.263. The summed E-state index contributed by atoms with van der Waals surface area (Å²) in [6, 6.07) is 15.7. The average Bonchev–Trinajstić information content (AvgIpc) is 2.91. The van der Waals surface area contributed by atoms with Crippen molar-refractivity contribution in [1.82, 2.24) is 14.9 Å². The molecule has 0 aliphatic carbocycles. The second-order valence-corrected chi connectivity index (χ2v) is 5.73. The minimum absolute atomic E-state index is 0.0212. The number of rotatable bonds is 6. The van der Waals surface area contributed by atoms with Crippen molar-refractivity contribution in [2.75, 3.05) is 13.2 Å². The third kappa shape index (κ3) is 3.56. The molecule has 2 aromatic carbocycles. The molecule has 0 saturated carbocycles. The fourth-order valence-electron chi connectivity index (χ4n) is 2.65. The maximum atomic E-state index is 11.9. The summed E-state index contributed by atoms with van der Waals surface area (Å²) in [6.07, 6.45) is 0.682. The number of amides is 1. The van der Waals surface area contributed by atoms with Crippen molar-refractivity contribution in [2.24, 2.45) is 7.05 Å². The summed E-state index contributed by atoms with van der Waals surface area (Å²) in [5.41, 5.74) is 3.09. The number of benzene rings is 2. The Labute approximate surface area is 141 Å². The first-order chi connectivity index (χ1) is 11.6. The normalized spacial score (nSPS) is 10.8. The summed E-state index contributed by atoms with van der Waals surface area (Å²) in [7, 11) is 1.99. The van der Waals surface area contributed by atoms with Crippen LogP contribution < -0.4 is 10.1 Å². The van der Waals surface area contributed by atoms with Crippen LogP contribution in [0.25, 0.3) is 11.0 Å². The van der Waals surface area contributed by atoms with E-state index in [1.807, 2.05) is 62.5 Å². The molecule has 24 heavy (non-hydrogen) atoms. The van der Waals surface area contributed by atoms with Crippen molar-refractivity contribution in [1.29, 1.82) is 0 Å². The van der Waals surface area contributed by atoms with E-state index in [4.69, 9.17) is 4.74 Å². The number of aryl methyl sites for hydroxylation is 2. The Bertz CT molecular complexity index is 855. The molecular formula is C19H21N3O2. The summed E-state index contributed by atoms with van der Waals surface area (Å²) < 4.78 is 7.60. The van der Waals surface area contributed by atoms with Gasteiger partial charge < -0.3 is 14.6 Å². The molecule has 124 valence electrons. The molecule has 0 fully saturated rings. The predicted molar refractivity (Wildman–Crippen MR) is 94.1 cm³/mol. The SMILES string of the molecule is Cc1ccccc1OCC(=O)NCCc1nc2ccccc2n1C. The summed E-state index contributed by atoms with van der Waals surface area (Å²) in [6.45, 7) is 2.51. The number of para-hydroxylation sites is 3. The smallest absolute Gasteiger partial charge is 0.257 e. The third-order valence-corrected chi connectivity index (χ3v) is 4.00. The molecule has 0 aliphatic heterocycles. The number of ether oxygens (including phenoxy) is 1. The van der Waals surface area contributed by atoms with Crippen LogP contribution in [0.2, 0.25) is 0 Å². The first-order valence-electron chi connectivity index (χ1n) is 8.00. The quantitative estimate of drug-likeness (QED) is 0.759. The first-order valence-corrected chi connectivity index (χ1v) is 8.00. The molecule has 3 aromatic rings. The highest BCUT2D eigenvalue weighted by Crippen LogP contribution is 2.16. The number of nitrogens with one attached hydrogen (secondary N) is 1. The molecule has 1 N–H and O–H groups in total. The summed E-state index contributed by atoms with van der Waals surface area (Å²) in [5.74, 6) is 1.57. The van der Waals surface area contributed by atoms with Crippen LogP contribution in [-0.4, -0.2) is 28.6 Å². The maximum absolute atomic E-state index is 11.9. The van der Waals surface area contributed by atoms with Crippen molar-refractivity contribution in [3.8, 4) is 5.75 Å². The van der Waals surface area contributed by atoms with Gasteiger partial charge in [-0.05, 0) is 30.7 Å². The van der Waals surface area contributed by atoms with Gasteiger partial charge in [0.1, 0.15) is 11.6 Å². The topological polar surface area (TPSA) is 56.1 Å². The van der Waals surface area contributed by atoms with Crippen LogP contribution in [-0.2, 0) is 18.3 Å². The van der Waals surface area contributed by atoms with Gasteiger partial charge in [-0.15, -0.1) is 0 Å². The standard InChI is InChI=1S/C19H21N3O2/c1-14-7-3-6-10-17(14)24-13-19(23)20-12-11-18-21-15-8-4-5-9-16(15)22(18)2/h3-10H,11-13H2,1-2H3,(H,20,23). The van der Waals surface area contributed by atoms with E-state index in [1.54, 1.807) is 0 Å². The zero-order valence-corrected chi connectivity index (χ0v) is 14.0. The molecule has 0 bridgehead atoms. The Balaban J connectivity index is 1.49. The number of fused-ring (bicyclic) bond motifs is 1. The number of carbonyl (C=O) groups excluding carboxylic acids is 1. The van der Waals surface area contributed by atoms with E-state index in [0.29, 0.717) is 13.0 Å². The van der Waals surface area contributed by atoms with E-state index in [9.17, 15) is 4.79 Å². The van der Waals surface area contributed by atoms with Crippen molar-refractivity contribution < 1.29 is 9.53 Å².